The van der Waals surface area contributed by atoms with Crippen molar-refractivity contribution < 1.29 is 24.5 Å². The van der Waals surface area contributed by atoms with Crippen LogP contribution in [0.4, 0.5) is 0 Å². The molecule has 0 aromatic heterocycles. The molecule has 2 atom stereocenters. The smallest absolute Gasteiger partial charge is 0.310 e. The molecule has 0 aliphatic carbocycles. The van der Waals surface area contributed by atoms with Crippen molar-refractivity contribution in [3.8, 4) is 11.5 Å². The lowest BCUT2D eigenvalue weighted by Crippen LogP contribution is -2.31. The highest BCUT2D eigenvalue weighted by atomic mass is 16.5. The number of ether oxygens (including phenoxy) is 2. The van der Waals surface area contributed by atoms with Gasteiger partial charge in [-0.1, -0.05) is 43.3 Å². The fourth-order valence-electron chi connectivity index (χ4n) is 3.12. The van der Waals surface area contributed by atoms with Crippen molar-refractivity contribution in [2.24, 2.45) is 0 Å². The Labute approximate surface area is 189 Å². The summed E-state index contributed by atoms with van der Waals surface area (Å²) in [7, 11) is 3.29. The highest BCUT2D eigenvalue weighted by molar-refractivity contribution is 5.86. The van der Waals surface area contributed by atoms with Gasteiger partial charge in [0.1, 0.15) is 11.5 Å². The molecule has 0 aliphatic heterocycles. The molecule has 0 fully saturated rings. The number of rotatable bonds is 9. The summed E-state index contributed by atoms with van der Waals surface area (Å²) in [5.41, 5.74) is 2.01. The van der Waals surface area contributed by atoms with Crippen LogP contribution in [-0.4, -0.2) is 43.1 Å². The van der Waals surface area contributed by atoms with Crippen LogP contribution in [0.5, 0.6) is 11.5 Å². The van der Waals surface area contributed by atoms with Gasteiger partial charge in [-0.3, -0.25) is 4.79 Å². The molecule has 0 spiro atoms. The van der Waals surface area contributed by atoms with Gasteiger partial charge in [0.25, 0.3) is 0 Å². The van der Waals surface area contributed by atoms with E-state index in [4.69, 9.17) is 19.7 Å². The van der Waals surface area contributed by atoms with Gasteiger partial charge in [-0.2, -0.15) is 0 Å². The SMILES string of the molecule is CCC(CO)NCc1ccc(OC)cc1.COc1ccc2cc(C(C)C(=O)O)ccc2c1. The molecule has 0 saturated carbocycles. The number of nitrogens with one attached hydrogen (secondary N) is 1. The van der Waals surface area contributed by atoms with Gasteiger partial charge in [0, 0.05) is 12.6 Å². The topological polar surface area (TPSA) is 88.0 Å². The molecule has 0 aliphatic rings. The monoisotopic (exact) mass is 439 g/mol. The Balaban J connectivity index is 0.000000229. The van der Waals surface area contributed by atoms with Crippen molar-refractivity contribution in [1.82, 2.24) is 5.32 Å². The third-order valence-corrected chi connectivity index (χ3v) is 5.41. The van der Waals surface area contributed by atoms with Gasteiger partial charge in [0.15, 0.2) is 0 Å². The van der Waals surface area contributed by atoms with Crippen LogP contribution < -0.4 is 14.8 Å². The van der Waals surface area contributed by atoms with E-state index < -0.39 is 11.9 Å². The molecular weight excluding hydrogens is 406 g/mol. The predicted octanol–water partition coefficient (Wildman–Crippen LogP) is 4.59. The number of hydrogen-bond acceptors (Lipinski definition) is 5. The Morgan fingerprint density at radius 3 is 2.09 bits per heavy atom. The van der Waals surface area contributed by atoms with Crippen molar-refractivity contribution in [3.63, 3.8) is 0 Å². The number of benzene rings is 3. The fourth-order valence-corrected chi connectivity index (χ4v) is 3.12. The Morgan fingerprint density at radius 1 is 0.938 bits per heavy atom. The lowest BCUT2D eigenvalue weighted by atomic mass is 9.98. The number of hydrogen-bond donors (Lipinski definition) is 3. The minimum absolute atomic E-state index is 0.187. The quantitative estimate of drug-likeness (QED) is 0.452. The van der Waals surface area contributed by atoms with E-state index in [0.717, 1.165) is 40.8 Å². The molecule has 3 aromatic rings. The zero-order chi connectivity index (χ0) is 23.5. The van der Waals surface area contributed by atoms with Crippen LogP contribution >= 0.6 is 0 Å². The second-order valence-electron chi connectivity index (χ2n) is 7.55. The second kappa shape index (κ2) is 12.7. The predicted molar refractivity (Wildman–Crippen MR) is 128 cm³/mol. The van der Waals surface area contributed by atoms with Crippen LogP contribution in [-0.2, 0) is 11.3 Å². The maximum absolute atomic E-state index is 10.9. The van der Waals surface area contributed by atoms with Crippen molar-refractivity contribution >= 4 is 16.7 Å². The van der Waals surface area contributed by atoms with E-state index in [1.807, 2.05) is 60.7 Å². The normalized spacial score (nSPS) is 12.4. The number of carbonyl (C=O) groups is 1. The van der Waals surface area contributed by atoms with E-state index in [1.54, 1.807) is 21.1 Å². The van der Waals surface area contributed by atoms with E-state index in [-0.39, 0.29) is 12.6 Å². The second-order valence-corrected chi connectivity index (χ2v) is 7.55. The molecule has 3 aromatic carbocycles. The average Bonchev–Trinajstić information content (AvgIpc) is 2.84. The highest BCUT2D eigenvalue weighted by Gasteiger charge is 2.13. The molecule has 0 radical (unpaired) electrons. The van der Waals surface area contributed by atoms with Gasteiger partial charge in [-0.05, 0) is 59.5 Å². The van der Waals surface area contributed by atoms with Crippen LogP contribution in [0.3, 0.4) is 0 Å². The summed E-state index contributed by atoms with van der Waals surface area (Å²) in [6.07, 6.45) is 0.937. The number of aliphatic carboxylic acids is 1. The maximum Gasteiger partial charge on any atom is 0.310 e. The van der Waals surface area contributed by atoms with E-state index in [0.29, 0.717) is 0 Å². The molecular formula is C26H33NO5. The molecule has 6 heteroatoms. The molecule has 0 amide bonds. The summed E-state index contributed by atoms with van der Waals surface area (Å²) in [5, 5.41) is 23.3. The maximum atomic E-state index is 10.9. The number of carboxylic acid groups (broad SMARTS) is 1. The Kier molecular flexibility index (Phi) is 9.98. The summed E-state index contributed by atoms with van der Waals surface area (Å²) >= 11 is 0. The summed E-state index contributed by atoms with van der Waals surface area (Å²) in [4.78, 5) is 10.9. The van der Waals surface area contributed by atoms with E-state index in [2.05, 4.69) is 12.2 Å². The molecule has 3 N–H and O–H groups in total. The number of fused-ring (bicyclic) bond motifs is 1. The minimum Gasteiger partial charge on any atom is -0.497 e. The number of aliphatic hydroxyl groups excluding tert-OH is 1. The first kappa shape index (κ1) is 25.2. The van der Waals surface area contributed by atoms with Crippen LogP contribution in [0.15, 0.2) is 60.7 Å². The third kappa shape index (κ3) is 7.25. The van der Waals surface area contributed by atoms with Gasteiger partial charge >= 0.3 is 5.97 Å². The Hall–Kier alpha value is -3.09. The van der Waals surface area contributed by atoms with Crippen LogP contribution in [0.2, 0.25) is 0 Å². The standard InChI is InChI=1S/C14H14O3.C12H19NO2/c1-9(14(15)16)10-3-4-12-8-13(17-2)6-5-11(12)7-10;1-3-11(9-14)13-8-10-4-6-12(15-2)7-5-10/h3-9H,1-2H3,(H,15,16);4-7,11,13-14H,3,8-9H2,1-2H3. The molecule has 3 rings (SSSR count). The molecule has 0 heterocycles. The van der Waals surface area contributed by atoms with Crippen molar-refractivity contribution in [2.75, 3.05) is 20.8 Å². The first-order valence-electron chi connectivity index (χ1n) is 10.7. The number of methoxy groups -OCH3 is 2. The Morgan fingerprint density at radius 2 is 1.53 bits per heavy atom. The molecule has 0 saturated heterocycles. The molecule has 6 nitrogen and oxygen atoms in total. The van der Waals surface area contributed by atoms with Crippen LogP contribution in [0.25, 0.3) is 10.8 Å². The lowest BCUT2D eigenvalue weighted by Gasteiger charge is -2.13. The highest BCUT2D eigenvalue weighted by Crippen LogP contribution is 2.25. The van der Waals surface area contributed by atoms with E-state index in [1.165, 1.54) is 5.56 Å². The minimum atomic E-state index is -0.808. The van der Waals surface area contributed by atoms with Gasteiger partial charge in [0.05, 0.1) is 26.7 Å². The van der Waals surface area contributed by atoms with Crippen molar-refractivity contribution in [3.05, 3.63) is 71.8 Å². The van der Waals surface area contributed by atoms with Crippen LogP contribution in [0.1, 0.15) is 37.3 Å². The van der Waals surface area contributed by atoms with Gasteiger partial charge < -0.3 is 25.0 Å². The first-order valence-corrected chi connectivity index (χ1v) is 10.7. The van der Waals surface area contributed by atoms with Gasteiger partial charge in [-0.25, -0.2) is 0 Å². The summed E-state index contributed by atoms with van der Waals surface area (Å²) in [6.45, 7) is 4.71. The molecule has 2 unspecified atom stereocenters. The fraction of sp³-hybridized carbons (Fsp3) is 0.346. The summed E-state index contributed by atoms with van der Waals surface area (Å²) < 4.78 is 10.2. The average molecular weight is 440 g/mol. The zero-order valence-corrected chi connectivity index (χ0v) is 19.2. The molecule has 0 bridgehead atoms. The Bertz CT molecular complexity index is 983. The summed E-state index contributed by atoms with van der Waals surface area (Å²) in [5.74, 6) is 0.379. The van der Waals surface area contributed by atoms with E-state index in [9.17, 15) is 4.79 Å². The lowest BCUT2D eigenvalue weighted by molar-refractivity contribution is -0.138. The van der Waals surface area contributed by atoms with Gasteiger partial charge in [0.2, 0.25) is 0 Å². The molecule has 172 valence electrons. The largest absolute Gasteiger partial charge is 0.497 e. The van der Waals surface area contributed by atoms with Crippen LogP contribution in [0, 0.1) is 0 Å². The van der Waals surface area contributed by atoms with E-state index >= 15 is 0 Å². The molecule has 32 heavy (non-hydrogen) atoms. The first-order chi connectivity index (χ1) is 15.4. The van der Waals surface area contributed by atoms with Crippen molar-refractivity contribution in [2.45, 2.75) is 38.8 Å². The zero-order valence-electron chi connectivity index (χ0n) is 19.2. The third-order valence-electron chi connectivity index (χ3n) is 5.41. The van der Waals surface area contributed by atoms with Crippen molar-refractivity contribution in [1.29, 1.82) is 0 Å². The number of carboxylic acids is 1. The summed E-state index contributed by atoms with van der Waals surface area (Å²) in [6, 6.07) is 19.5. The van der Waals surface area contributed by atoms with Gasteiger partial charge in [-0.15, -0.1) is 0 Å². The number of aliphatic hydroxyl groups is 1.